The number of aliphatic hydroxyl groups excluding tert-OH is 2. The number of nitrogens with two attached hydrogens (primary N) is 1. The van der Waals surface area contributed by atoms with E-state index in [-0.39, 0.29) is 18.6 Å². The molecular formula is C7H13NO2. The van der Waals surface area contributed by atoms with E-state index in [0.29, 0.717) is 6.42 Å². The molecule has 4 N–H and O–H groups in total. The second-order valence-electron chi connectivity index (χ2n) is 2.70. The fraction of sp³-hybridized carbons (Fsp3) is 0.714. The van der Waals surface area contributed by atoms with Crippen molar-refractivity contribution in [3.05, 3.63) is 12.2 Å². The van der Waals surface area contributed by atoms with Gasteiger partial charge in [0.1, 0.15) is 0 Å². The Balaban J connectivity index is 2.53. The molecule has 0 saturated carbocycles. The first-order valence-electron chi connectivity index (χ1n) is 3.47. The highest BCUT2D eigenvalue weighted by Crippen LogP contribution is 2.16. The van der Waals surface area contributed by atoms with Gasteiger partial charge >= 0.3 is 0 Å². The van der Waals surface area contributed by atoms with Crippen LogP contribution in [0.15, 0.2) is 12.2 Å². The third-order valence-corrected chi connectivity index (χ3v) is 1.82. The molecule has 0 aromatic heterocycles. The maximum Gasteiger partial charge on any atom is 0.0642 e. The maximum atomic E-state index is 9.25. The molecule has 3 heteroatoms. The molecule has 3 atom stereocenters. The molecule has 0 unspecified atom stereocenters. The van der Waals surface area contributed by atoms with Crippen LogP contribution < -0.4 is 5.73 Å². The lowest BCUT2D eigenvalue weighted by molar-refractivity contribution is 0.0767. The van der Waals surface area contributed by atoms with Crippen molar-refractivity contribution in [3.63, 3.8) is 0 Å². The van der Waals surface area contributed by atoms with Gasteiger partial charge < -0.3 is 15.9 Å². The predicted octanol–water partition coefficient (Wildman–Crippen LogP) is -0.757. The third kappa shape index (κ3) is 1.56. The molecule has 1 rings (SSSR count). The van der Waals surface area contributed by atoms with Gasteiger partial charge in [-0.2, -0.15) is 0 Å². The van der Waals surface area contributed by atoms with Crippen LogP contribution in [0.5, 0.6) is 0 Å². The largest absolute Gasteiger partial charge is 0.396 e. The summed E-state index contributed by atoms with van der Waals surface area (Å²) in [5.41, 5.74) is 5.51. The summed E-state index contributed by atoms with van der Waals surface area (Å²) in [7, 11) is 0. The molecular weight excluding hydrogens is 130 g/mol. The van der Waals surface area contributed by atoms with Crippen LogP contribution in [0.3, 0.4) is 0 Å². The number of hydrogen-bond donors (Lipinski definition) is 3. The highest BCUT2D eigenvalue weighted by molar-refractivity contribution is 5.03. The normalized spacial score (nSPS) is 40.1. The first-order valence-corrected chi connectivity index (χ1v) is 3.47. The quantitative estimate of drug-likeness (QED) is 0.423. The van der Waals surface area contributed by atoms with Gasteiger partial charge in [0.25, 0.3) is 0 Å². The van der Waals surface area contributed by atoms with E-state index in [2.05, 4.69) is 0 Å². The van der Waals surface area contributed by atoms with Crippen LogP contribution in [0.25, 0.3) is 0 Å². The van der Waals surface area contributed by atoms with Gasteiger partial charge in [-0.15, -0.1) is 0 Å². The molecule has 0 fully saturated rings. The van der Waals surface area contributed by atoms with Gasteiger partial charge in [0, 0.05) is 12.0 Å². The van der Waals surface area contributed by atoms with Gasteiger partial charge in [-0.3, -0.25) is 0 Å². The number of rotatable bonds is 1. The minimum atomic E-state index is -0.468. The average molecular weight is 143 g/mol. The summed E-state index contributed by atoms with van der Waals surface area (Å²) in [5.74, 6) is -0.111. The monoisotopic (exact) mass is 143 g/mol. The summed E-state index contributed by atoms with van der Waals surface area (Å²) in [6, 6.07) is -0.0437. The van der Waals surface area contributed by atoms with Crippen molar-refractivity contribution >= 4 is 0 Å². The Bertz CT molecular complexity index is 136. The molecule has 0 amide bonds. The molecule has 3 nitrogen and oxygen atoms in total. The van der Waals surface area contributed by atoms with Gasteiger partial charge in [-0.05, 0) is 6.42 Å². The molecule has 0 aromatic rings. The SMILES string of the molecule is N[C@@H]1C=C[C@H](CO)[C@@H](O)C1. The summed E-state index contributed by atoms with van der Waals surface area (Å²) in [4.78, 5) is 0. The Kier molecular flexibility index (Phi) is 2.43. The van der Waals surface area contributed by atoms with E-state index < -0.39 is 6.10 Å². The molecule has 0 saturated heterocycles. The molecule has 0 aromatic carbocycles. The van der Waals surface area contributed by atoms with Crippen LogP contribution in [0.4, 0.5) is 0 Å². The van der Waals surface area contributed by atoms with Crippen LogP contribution >= 0.6 is 0 Å². The van der Waals surface area contributed by atoms with Crippen LogP contribution in [-0.2, 0) is 0 Å². The van der Waals surface area contributed by atoms with Crippen molar-refractivity contribution in [1.29, 1.82) is 0 Å². The highest BCUT2D eigenvalue weighted by atomic mass is 16.3. The van der Waals surface area contributed by atoms with Crippen molar-refractivity contribution < 1.29 is 10.2 Å². The second kappa shape index (κ2) is 3.14. The van der Waals surface area contributed by atoms with E-state index >= 15 is 0 Å². The summed E-state index contributed by atoms with van der Waals surface area (Å²) < 4.78 is 0. The molecule has 0 bridgehead atoms. The molecule has 0 aliphatic heterocycles. The van der Waals surface area contributed by atoms with E-state index in [9.17, 15) is 5.11 Å². The Morgan fingerprint density at radius 3 is 2.70 bits per heavy atom. The number of hydrogen-bond acceptors (Lipinski definition) is 3. The van der Waals surface area contributed by atoms with E-state index in [1.54, 1.807) is 6.08 Å². The summed E-state index contributed by atoms with van der Waals surface area (Å²) in [5, 5.41) is 17.9. The lowest BCUT2D eigenvalue weighted by Gasteiger charge is -2.24. The Morgan fingerprint density at radius 2 is 2.20 bits per heavy atom. The summed E-state index contributed by atoms with van der Waals surface area (Å²) in [6.07, 6.45) is 3.69. The topological polar surface area (TPSA) is 66.5 Å². The Labute approximate surface area is 60.2 Å². The maximum absolute atomic E-state index is 9.25. The molecule has 10 heavy (non-hydrogen) atoms. The lowest BCUT2D eigenvalue weighted by atomic mass is 9.91. The fourth-order valence-electron chi connectivity index (χ4n) is 1.13. The summed E-state index contributed by atoms with van der Waals surface area (Å²) >= 11 is 0. The Morgan fingerprint density at radius 1 is 1.50 bits per heavy atom. The lowest BCUT2D eigenvalue weighted by Crippen LogP contribution is -2.34. The van der Waals surface area contributed by atoms with E-state index in [4.69, 9.17) is 10.8 Å². The van der Waals surface area contributed by atoms with Crippen LogP contribution in [-0.4, -0.2) is 29.0 Å². The molecule has 58 valence electrons. The molecule has 1 aliphatic rings. The van der Waals surface area contributed by atoms with Gasteiger partial charge in [-0.1, -0.05) is 12.2 Å². The smallest absolute Gasteiger partial charge is 0.0642 e. The Hall–Kier alpha value is -0.380. The van der Waals surface area contributed by atoms with Crippen LogP contribution in [0.1, 0.15) is 6.42 Å². The zero-order valence-electron chi connectivity index (χ0n) is 5.77. The minimum absolute atomic E-state index is 0.00435. The third-order valence-electron chi connectivity index (χ3n) is 1.82. The van der Waals surface area contributed by atoms with Crippen LogP contribution in [0, 0.1) is 5.92 Å². The van der Waals surface area contributed by atoms with Crippen molar-refractivity contribution in [2.24, 2.45) is 11.7 Å². The minimum Gasteiger partial charge on any atom is -0.396 e. The molecule has 1 aliphatic carbocycles. The van der Waals surface area contributed by atoms with Gasteiger partial charge in [0.2, 0.25) is 0 Å². The van der Waals surface area contributed by atoms with Gasteiger partial charge in [0.05, 0.1) is 12.7 Å². The van der Waals surface area contributed by atoms with Gasteiger partial charge in [0.15, 0.2) is 0 Å². The zero-order chi connectivity index (χ0) is 7.56. The standard InChI is InChI=1S/C7H13NO2/c8-6-2-1-5(4-9)7(10)3-6/h1-2,5-7,9-10H,3-4,8H2/t5-,6-,7+/m1/s1. The zero-order valence-corrected chi connectivity index (χ0v) is 5.77. The first-order chi connectivity index (χ1) is 4.74. The summed E-state index contributed by atoms with van der Waals surface area (Å²) in [6.45, 7) is 0.00435. The van der Waals surface area contributed by atoms with Crippen molar-refractivity contribution in [3.8, 4) is 0 Å². The van der Waals surface area contributed by atoms with Crippen LogP contribution in [0.2, 0.25) is 0 Å². The average Bonchev–Trinajstić information content (AvgIpc) is 1.88. The van der Waals surface area contributed by atoms with E-state index in [1.165, 1.54) is 0 Å². The van der Waals surface area contributed by atoms with E-state index in [1.807, 2.05) is 6.08 Å². The number of aliphatic hydroxyl groups is 2. The van der Waals surface area contributed by atoms with E-state index in [0.717, 1.165) is 0 Å². The fourth-order valence-corrected chi connectivity index (χ4v) is 1.13. The van der Waals surface area contributed by atoms with Crippen molar-refractivity contribution in [2.45, 2.75) is 18.6 Å². The van der Waals surface area contributed by atoms with Crippen molar-refractivity contribution in [2.75, 3.05) is 6.61 Å². The second-order valence-corrected chi connectivity index (χ2v) is 2.70. The predicted molar refractivity (Wildman–Crippen MR) is 38.3 cm³/mol. The molecule has 0 spiro atoms. The van der Waals surface area contributed by atoms with Gasteiger partial charge in [-0.25, -0.2) is 0 Å². The highest BCUT2D eigenvalue weighted by Gasteiger charge is 2.21. The first kappa shape index (κ1) is 7.72. The molecule has 0 heterocycles. The van der Waals surface area contributed by atoms with Crippen molar-refractivity contribution in [1.82, 2.24) is 0 Å². The molecule has 0 radical (unpaired) electrons.